The number of hydrogen-bond donors (Lipinski definition) is 0. The van der Waals surface area contributed by atoms with Crippen LogP contribution in [-0.4, -0.2) is 9.55 Å². The third-order valence-corrected chi connectivity index (χ3v) is 4.32. The van der Waals surface area contributed by atoms with Gasteiger partial charge in [0.05, 0.1) is 21.1 Å². The summed E-state index contributed by atoms with van der Waals surface area (Å²) in [6.07, 6.45) is 6.45. The third kappa shape index (κ3) is 1.98. The first-order valence-corrected chi connectivity index (χ1v) is 6.89. The number of nitrogens with zero attached hydrogens (tertiary/aromatic N) is 2. The van der Waals surface area contributed by atoms with E-state index in [0.717, 1.165) is 28.6 Å². The van der Waals surface area contributed by atoms with Crippen LogP contribution < -0.4 is 0 Å². The number of aromatic nitrogens is 2. The summed E-state index contributed by atoms with van der Waals surface area (Å²) in [4.78, 5) is 4.47. The maximum absolute atomic E-state index is 6.07. The topological polar surface area (TPSA) is 17.8 Å². The molecule has 2 radical (unpaired) electrons. The predicted octanol–water partition coefficient (Wildman–Crippen LogP) is 4.85. The van der Waals surface area contributed by atoms with Gasteiger partial charge in [-0.2, -0.15) is 0 Å². The Labute approximate surface area is 118 Å². The van der Waals surface area contributed by atoms with E-state index in [9.17, 15) is 0 Å². The second kappa shape index (κ2) is 4.45. The molecule has 5 heteroatoms. The Balaban J connectivity index is 2.22. The zero-order chi connectivity index (χ0) is 12.0. The van der Waals surface area contributed by atoms with Gasteiger partial charge in [0, 0.05) is 6.04 Å². The van der Waals surface area contributed by atoms with Gasteiger partial charge in [0.15, 0.2) is 4.73 Å². The van der Waals surface area contributed by atoms with Gasteiger partial charge in [0.1, 0.15) is 0 Å². The molecule has 88 valence electrons. The predicted molar refractivity (Wildman–Crippen MR) is 74.3 cm³/mol. The smallest absolute Gasteiger partial charge is 0.178 e. The van der Waals surface area contributed by atoms with E-state index in [0.29, 0.717) is 16.1 Å². The lowest BCUT2D eigenvalue weighted by atomic mass is 10.2. The summed E-state index contributed by atoms with van der Waals surface area (Å²) in [6.45, 7) is 0. The highest BCUT2D eigenvalue weighted by Gasteiger charge is 2.22. The van der Waals surface area contributed by atoms with Crippen molar-refractivity contribution in [1.82, 2.24) is 9.55 Å². The summed E-state index contributed by atoms with van der Waals surface area (Å²) < 4.78 is 3.01. The van der Waals surface area contributed by atoms with E-state index in [2.05, 4.69) is 38.3 Å². The normalized spacial score (nSPS) is 17.1. The molecule has 1 fully saturated rings. The molecule has 0 unspecified atom stereocenters. The van der Waals surface area contributed by atoms with Crippen LogP contribution in [-0.2, 0) is 0 Å². The van der Waals surface area contributed by atoms with E-state index in [1.54, 1.807) is 0 Å². The van der Waals surface area contributed by atoms with E-state index in [1.165, 1.54) is 0 Å². The molecule has 2 nitrogen and oxygen atoms in total. The molecule has 0 aliphatic heterocycles. The van der Waals surface area contributed by atoms with Crippen molar-refractivity contribution in [2.75, 3.05) is 0 Å². The van der Waals surface area contributed by atoms with Crippen LogP contribution in [0.1, 0.15) is 18.9 Å². The first-order chi connectivity index (χ1) is 8.16. The van der Waals surface area contributed by atoms with Gasteiger partial charge >= 0.3 is 0 Å². The van der Waals surface area contributed by atoms with E-state index < -0.39 is 0 Å². The fraction of sp³-hybridized carbons (Fsp3) is 0.250. The first kappa shape index (κ1) is 11.8. The lowest BCUT2D eigenvalue weighted by Gasteiger charge is -2.13. The highest BCUT2D eigenvalue weighted by atomic mass is 79.9. The molecular weight excluding hydrogens is 323 g/mol. The molecule has 1 aliphatic carbocycles. The van der Waals surface area contributed by atoms with Crippen molar-refractivity contribution in [3.8, 4) is 0 Å². The van der Waals surface area contributed by atoms with Crippen molar-refractivity contribution in [3.05, 3.63) is 39.8 Å². The van der Waals surface area contributed by atoms with Crippen molar-refractivity contribution in [2.45, 2.75) is 18.9 Å². The summed E-state index contributed by atoms with van der Waals surface area (Å²) in [7, 11) is 0. The minimum atomic E-state index is 0.423. The zero-order valence-corrected chi connectivity index (χ0v) is 11.9. The van der Waals surface area contributed by atoms with Crippen LogP contribution in [0.25, 0.3) is 11.0 Å². The monoisotopic (exact) mass is 330 g/mol. The number of fused-ring (bicyclic) bond motifs is 1. The number of halogens is 3. The standard InChI is InChI=1S/C12H9BrCl2N2/c13-12-16-10-5-8(14)9(15)6-11(10)17(12)7-3-1-2-4-7/h1-2,5-7H,3-4H2. The maximum atomic E-state index is 6.07. The average molecular weight is 332 g/mol. The van der Waals surface area contributed by atoms with Crippen LogP contribution in [0.15, 0.2) is 16.9 Å². The SMILES string of the molecule is Clc1cc2nc(Br)n(C3C[CH][CH]C3)c2cc1Cl. The molecule has 0 N–H and O–H groups in total. The third-order valence-electron chi connectivity index (χ3n) is 3.04. The van der Waals surface area contributed by atoms with Crippen LogP contribution in [0.4, 0.5) is 0 Å². The van der Waals surface area contributed by atoms with Gasteiger partial charge in [-0.15, -0.1) is 0 Å². The fourth-order valence-electron chi connectivity index (χ4n) is 2.22. The minimum absolute atomic E-state index is 0.423. The molecule has 0 bridgehead atoms. The summed E-state index contributed by atoms with van der Waals surface area (Å²) in [5, 5.41) is 1.11. The Kier molecular flexibility index (Phi) is 3.09. The van der Waals surface area contributed by atoms with Crippen LogP contribution in [0.5, 0.6) is 0 Å². The molecule has 0 atom stereocenters. The molecule has 1 aromatic heterocycles. The highest BCUT2D eigenvalue weighted by Crippen LogP contribution is 2.36. The van der Waals surface area contributed by atoms with Crippen molar-refractivity contribution >= 4 is 50.2 Å². The minimum Gasteiger partial charge on any atom is -0.315 e. The molecule has 1 heterocycles. The molecule has 0 saturated heterocycles. The van der Waals surface area contributed by atoms with Gasteiger partial charge in [-0.3, -0.25) is 0 Å². The Morgan fingerprint density at radius 1 is 1.18 bits per heavy atom. The van der Waals surface area contributed by atoms with Gasteiger partial charge < -0.3 is 4.57 Å². The van der Waals surface area contributed by atoms with Crippen LogP contribution >= 0.6 is 39.1 Å². The van der Waals surface area contributed by atoms with Crippen LogP contribution in [0, 0.1) is 12.8 Å². The van der Waals surface area contributed by atoms with Crippen molar-refractivity contribution in [3.63, 3.8) is 0 Å². The lowest BCUT2D eigenvalue weighted by molar-refractivity contribution is 0.540. The second-order valence-electron chi connectivity index (χ2n) is 4.10. The first-order valence-electron chi connectivity index (χ1n) is 5.34. The molecule has 1 aromatic carbocycles. The fourth-order valence-corrected chi connectivity index (χ4v) is 3.21. The highest BCUT2D eigenvalue weighted by molar-refractivity contribution is 9.10. The summed E-state index contributed by atoms with van der Waals surface area (Å²) in [5.41, 5.74) is 1.90. The summed E-state index contributed by atoms with van der Waals surface area (Å²) >= 11 is 15.6. The van der Waals surface area contributed by atoms with Gasteiger partial charge in [-0.1, -0.05) is 23.2 Å². The molecule has 3 rings (SSSR count). The van der Waals surface area contributed by atoms with Gasteiger partial charge in [0.2, 0.25) is 0 Å². The van der Waals surface area contributed by atoms with E-state index >= 15 is 0 Å². The average Bonchev–Trinajstić information content (AvgIpc) is 2.86. The largest absolute Gasteiger partial charge is 0.315 e. The molecule has 17 heavy (non-hydrogen) atoms. The summed E-state index contributed by atoms with van der Waals surface area (Å²) in [5.74, 6) is 0. The number of hydrogen-bond acceptors (Lipinski definition) is 1. The number of benzene rings is 1. The zero-order valence-electron chi connectivity index (χ0n) is 8.83. The maximum Gasteiger partial charge on any atom is 0.178 e. The Hall–Kier alpha value is -0.250. The van der Waals surface area contributed by atoms with Gasteiger partial charge in [-0.25, -0.2) is 4.98 Å². The van der Waals surface area contributed by atoms with Crippen molar-refractivity contribution < 1.29 is 0 Å². The lowest BCUT2D eigenvalue weighted by Crippen LogP contribution is -2.04. The molecule has 0 spiro atoms. The molecule has 1 saturated carbocycles. The second-order valence-corrected chi connectivity index (χ2v) is 5.63. The van der Waals surface area contributed by atoms with Crippen LogP contribution in [0.2, 0.25) is 10.0 Å². The molecule has 1 aliphatic rings. The Morgan fingerprint density at radius 2 is 1.82 bits per heavy atom. The van der Waals surface area contributed by atoms with Crippen molar-refractivity contribution in [2.24, 2.45) is 0 Å². The Morgan fingerprint density at radius 3 is 2.53 bits per heavy atom. The van der Waals surface area contributed by atoms with E-state index in [-0.39, 0.29) is 0 Å². The quantitative estimate of drug-likeness (QED) is 0.730. The molecular formula is C12H9BrCl2N2. The van der Waals surface area contributed by atoms with Crippen LogP contribution in [0.3, 0.4) is 0 Å². The van der Waals surface area contributed by atoms with E-state index in [4.69, 9.17) is 23.2 Å². The number of rotatable bonds is 1. The molecule has 0 amide bonds. The Bertz CT molecular complexity index is 573. The van der Waals surface area contributed by atoms with Gasteiger partial charge in [0.25, 0.3) is 0 Å². The van der Waals surface area contributed by atoms with Gasteiger partial charge in [-0.05, 0) is 53.7 Å². The van der Waals surface area contributed by atoms with Crippen molar-refractivity contribution in [1.29, 1.82) is 0 Å². The summed E-state index contributed by atoms with van der Waals surface area (Å²) in [6, 6.07) is 4.12. The van der Waals surface area contributed by atoms with E-state index in [1.807, 2.05) is 12.1 Å². The number of imidazole rings is 1. The molecule has 2 aromatic rings.